The SMILES string of the molecule is Oc1ccc([C@H](CCF)N2CCNCC2)c(O)c1. The van der Waals surface area contributed by atoms with Crippen molar-refractivity contribution in [3.05, 3.63) is 23.8 Å². The maximum atomic E-state index is 12.7. The summed E-state index contributed by atoms with van der Waals surface area (Å²) in [4.78, 5) is 2.17. The minimum Gasteiger partial charge on any atom is -0.508 e. The van der Waals surface area contributed by atoms with E-state index in [1.54, 1.807) is 6.07 Å². The molecule has 1 atom stereocenters. The Morgan fingerprint density at radius 1 is 1.28 bits per heavy atom. The number of nitrogens with one attached hydrogen (secondary N) is 1. The molecule has 0 unspecified atom stereocenters. The van der Waals surface area contributed by atoms with Crippen LogP contribution in [-0.4, -0.2) is 48.0 Å². The molecule has 0 aromatic heterocycles. The monoisotopic (exact) mass is 254 g/mol. The summed E-state index contributed by atoms with van der Waals surface area (Å²) in [5.74, 6) is 0.0579. The fourth-order valence-corrected chi connectivity index (χ4v) is 2.45. The summed E-state index contributed by atoms with van der Waals surface area (Å²) in [6, 6.07) is 4.39. The molecule has 1 aromatic rings. The van der Waals surface area contributed by atoms with E-state index < -0.39 is 6.67 Å². The Hall–Kier alpha value is -1.33. The lowest BCUT2D eigenvalue weighted by atomic mass is 10.0. The molecule has 0 aliphatic carbocycles. The number of piperazine rings is 1. The van der Waals surface area contributed by atoms with E-state index in [0.717, 1.165) is 26.2 Å². The van der Waals surface area contributed by atoms with E-state index in [-0.39, 0.29) is 17.5 Å². The van der Waals surface area contributed by atoms with Crippen LogP contribution >= 0.6 is 0 Å². The fourth-order valence-electron chi connectivity index (χ4n) is 2.45. The summed E-state index contributed by atoms with van der Waals surface area (Å²) < 4.78 is 12.7. The van der Waals surface area contributed by atoms with Crippen LogP contribution in [0.15, 0.2) is 18.2 Å². The molecule has 0 radical (unpaired) electrons. The van der Waals surface area contributed by atoms with E-state index >= 15 is 0 Å². The van der Waals surface area contributed by atoms with E-state index in [2.05, 4.69) is 10.2 Å². The Morgan fingerprint density at radius 3 is 2.61 bits per heavy atom. The number of halogens is 1. The number of alkyl halides is 1. The van der Waals surface area contributed by atoms with Gasteiger partial charge in [-0.3, -0.25) is 9.29 Å². The van der Waals surface area contributed by atoms with Gasteiger partial charge in [-0.25, -0.2) is 0 Å². The van der Waals surface area contributed by atoms with Crippen LogP contribution in [0.3, 0.4) is 0 Å². The molecule has 1 heterocycles. The van der Waals surface area contributed by atoms with Crippen molar-refractivity contribution in [2.24, 2.45) is 0 Å². The van der Waals surface area contributed by atoms with Crippen molar-refractivity contribution in [2.75, 3.05) is 32.9 Å². The Balaban J connectivity index is 2.22. The molecular weight excluding hydrogens is 235 g/mol. The molecule has 0 saturated carbocycles. The van der Waals surface area contributed by atoms with Gasteiger partial charge in [-0.2, -0.15) is 0 Å². The molecule has 100 valence electrons. The molecule has 1 aromatic carbocycles. The normalized spacial score (nSPS) is 18.7. The fraction of sp³-hybridized carbons (Fsp3) is 0.538. The Bertz CT molecular complexity index is 395. The van der Waals surface area contributed by atoms with Gasteiger partial charge in [-0.05, 0) is 12.5 Å². The smallest absolute Gasteiger partial charge is 0.124 e. The van der Waals surface area contributed by atoms with Gasteiger partial charge in [0.15, 0.2) is 0 Å². The first-order chi connectivity index (χ1) is 8.72. The summed E-state index contributed by atoms with van der Waals surface area (Å²) in [6.45, 7) is 3.01. The van der Waals surface area contributed by atoms with E-state index in [9.17, 15) is 14.6 Å². The zero-order valence-corrected chi connectivity index (χ0v) is 10.3. The summed E-state index contributed by atoms with van der Waals surface area (Å²) in [7, 11) is 0. The first-order valence-corrected chi connectivity index (χ1v) is 6.25. The van der Waals surface area contributed by atoms with Gasteiger partial charge in [0.05, 0.1) is 6.67 Å². The first-order valence-electron chi connectivity index (χ1n) is 6.25. The predicted octanol–water partition coefficient (Wildman–Crippen LogP) is 1.40. The molecule has 18 heavy (non-hydrogen) atoms. The molecule has 4 nitrogen and oxygen atoms in total. The zero-order chi connectivity index (χ0) is 13.0. The van der Waals surface area contributed by atoms with Crippen LogP contribution in [0.25, 0.3) is 0 Å². The van der Waals surface area contributed by atoms with E-state index in [0.29, 0.717) is 12.0 Å². The van der Waals surface area contributed by atoms with Gasteiger partial charge in [-0.1, -0.05) is 6.07 Å². The topological polar surface area (TPSA) is 55.7 Å². The standard InChI is InChI=1S/C13H19FN2O2/c14-4-3-12(16-7-5-15-6-8-16)11-2-1-10(17)9-13(11)18/h1-2,9,12,15,17-18H,3-8H2/t12-/m0/s1. The van der Waals surface area contributed by atoms with Crippen molar-refractivity contribution >= 4 is 0 Å². The molecule has 0 spiro atoms. The molecule has 3 N–H and O–H groups in total. The molecule has 0 amide bonds. The molecular formula is C13H19FN2O2. The number of rotatable bonds is 4. The third-order valence-corrected chi connectivity index (χ3v) is 3.35. The Kier molecular flexibility index (Phi) is 4.38. The summed E-state index contributed by atoms with van der Waals surface area (Å²) in [5.41, 5.74) is 0.687. The van der Waals surface area contributed by atoms with Crippen LogP contribution in [-0.2, 0) is 0 Å². The van der Waals surface area contributed by atoms with E-state index in [1.807, 2.05) is 0 Å². The molecule has 1 fully saturated rings. The number of phenols is 2. The summed E-state index contributed by atoms with van der Waals surface area (Å²) in [6.07, 6.45) is 0.359. The predicted molar refractivity (Wildman–Crippen MR) is 67.5 cm³/mol. The highest BCUT2D eigenvalue weighted by Crippen LogP contribution is 2.33. The van der Waals surface area contributed by atoms with Crippen molar-refractivity contribution in [1.82, 2.24) is 10.2 Å². The van der Waals surface area contributed by atoms with Gasteiger partial charge in [0.1, 0.15) is 11.5 Å². The van der Waals surface area contributed by atoms with Gasteiger partial charge in [-0.15, -0.1) is 0 Å². The van der Waals surface area contributed by atoms with Crippen molar-refractivity contribution < 1.29 is 14.6 Å². The number of aromatic hydroxyl groups is 2. The zero-order valence-electron chi connectivity index (χ0n) is 10.3. The van der Waals surface area contributed by atoms with Crippen molar-refractivity contribution in [3.63, 3.8) is 0 Å². The van der Waals surface area contributed by atoms with Crippen LogP contribution in [0, 0.1) is 0 Å². The minimum atomic E-state index is -0.422. The van der Waals surface area contributed by atoms with E-state index in [1.165, 1.54) is 12.1 Å². The number of hydrogen-bond donors (Lipinski definition) is 3. The largest absolute Gasteiger partial charge is 0.508 e. The second-order valence-corrected chi connectivity index (χ2v) is 4.52. The van der Waals surface area contributed by atoms with Crippen LogP contribution in [0.5, 0.6) is 11.5 Å². The second-order valence-electron chi connectivity index (χ2n) is 4.52. The van der Waals surface area contributed by atoms with Crippen molar-refractivity contribution in [3.8, 4) is 11.5 Å². The van der Waals surface area contributed by atoms with Crippen LogP contribution in [0.2, 0.25) is 0 Å². The number of benzene rings is 1. The lowest BCUT2D eigenvalue weighted by Crippen LogP contribution is -2.45. The van der Waals surface area contributed by atoms with Gasteiger partial charge in [0.25, 0.3) is 0 Å². The Labute approximate surface area is 106 Å². The molecule has 5 heteroatoms. The molecule has 1 aliphatic heterocycles. The minimum absolute atomic E-state index is 0.0237. The lowest BCUT2D eigenvalue weighted by molar-refractivity contribution is 0.155. The quantitative estimate of drug-likeness (QED) is 0.760. The summed E-state index contributed by atoms with van der Waals surface area (Å²) in [5, 5.41) is 22.4. The van der Waals surface area contributed by atoms with Crippen molar-refractivity contribution in [1.29, 1.82) is 0 Å². The number of nitrogens with zero attached hydrogens (tertiary/aromatic N) is 1. The average Bonchev–Trinajstić information content (AvgIpc) is 2.38. The highest BCUT2D eigenvalue weighted by atomic mass is 19.1. The number of hydrogen-bond acceptors (Lipinski definition) is 4. The highest BCUT2D eigenvalue weighted by Gasteiger charge is 2.24. The van der Waals surface area contributed by atoms with Gasteiger partial charge in [0.2, 0.25) is 0 Å². The van der Waals surface area contributed by atoms with Gasteiger partial charge in [0, 0.05) is 43.9 Å². The van der Waals surface area contributed by atoms with E-state index in [4.69, 9.17) is 0 Å². The molecule has 1 aliphatic rings. The maximum absolute atomic E-state index is 12.7. The third-order valence-electron chi connectivity index (χ3n) is 3.35. The van der Waals surface area contributed by atoms with Gasteiger partial charge < -0.3 is 15.5 Å². The number of phenolic OH excluding ortho intramolecular Hbond substituents is 2. The maximum Gasteiger partial charge on any atom is 0.124 e. The average molecular weight is 254 g/mol. The van der Waals surface area contributed by atoms with Crippen LogP contribution < -0.4 is 5.32 Å². The Morgan fingerprint density at radius 2 is 2.00 bits per heavy atom. The molecule has 0 bridgehead atoms. The van der Waals surface area contributed by atoms with Gasteiger partial charge >= 0.3 is 0 Å². The second kappa shape index (κ2) is 6.02. The lowest BCUT2D eigenvalue weighted by Gasteiger charge is -2.35. The van der Waals surface area contributed by atoms with Crippen LogP contribution in [0.1, 0.15) is 18.0 Å². The highest BCUT2D eigenvalue weighted by molar-refractivity contribution is 5.40. The van der Waals surface area contributed by atoms with Crippen molar-refractivity contribution in [2.45, 2.75) is 12.5 Å². The molecule has 2 rings (SSSR count). The first kappa shape index (κ1) is 13.1. The summed E-state index contributed by atoms with van der Waals surface area (Å²) >= 11 is 0. The third kappa shape index (κ3) is 2.91. The van der Waals surface area contributed by atoms with Crippen LogP contribution in [0.4, 0.5) is 4.39 Å². The molecule has 1 saturated heterocycles.